The van der Waals surface area contributed by atoms with Crippen LogP contribution >= 0.6 is 0 Å². The van der Waals surface area contributed by atoms with Gasteiger partial charge in [0.15, 0.2) is 0 Å². The van der Waals surface area contributed by atoms with Gasteiger partial charge in [0.2, 0.25) is 0 Å². The summed E-state index contributed by atoms with van der Waals surface area (Å²) in [7, 11) is 0. The topological polar surface area (TPSA) is 60.0 Å². The maximum absolute atomic E-state index is 5.89. The molecule has 2 N–H and O–H groups in total. The van der Waals surface area contributed by atoms with Gasteiger partial charge >= 0.3 is 0 Å². The molecule has 1 aromatic rings. The molecule has 2 atom stereocenters. The lowest BCUT2D eigenvalue weighted by Crippen LogP contribution is -2.49. The highest BCUT2D eigenvalue weighted by Gasteiger charge is 2.29. The van der Waals surface area contributed by atoms with Gasteiger partial charge in [-0.3, -0.25) is 0 Å². The first-order chi connectivity index (χ1) is 8.27. The second kappa shape index (κ2) is 5.49. The monoisotopic (exact) mass is 237 g/mol. The fraction of sp³-hybridized carbons (Fsp3) is 0.833. The number of aromatic nitrogens is 3. The lowest BCUT2D eigenvalue weighted by molar-refractivity contribution is 0.389. The Morgan fingerprint density at radius 2 is 2.29 bits per heavy atom. The third-order valence-corrected chi connectivity index (χ3v) is 3.60. The summed E-state index contributed by atoms with van der Waals surface area (Å²) in [4.78, 5) is 2.42. The van der Waals surface area contributed by atoms with Crippen molar-refractivity contribution in [2.75, 3.05) is 11.4 Å². The van der Waals surface area contributed by atoms with Crippen LogP contribution in [-0.2, 0) is 6.54 Å². The minimum atomic E-state index is 0.438. The van der Waals surface area contributed by atoms with Crippen LogP contribution in [0.2, 0.25) is 0 Å². The minimum Gasteiger partial charge on any atom is -0.349 e. The zero-order valence-corrected chi connectivity index (χ0v) is 10.8. The molecule has 1 fully saturated rings. The van der Waals surface area contributed by atoms with Gasteiger partial charge in [-0.2, -0.15) is 0 Å². The van der Waals surface area contributed by atoms with E-state index >= 15 is 0 Å². The van der Waals surface area contributed by atoms with Gasteiger partial charge in [-0.25, -0.2) is 4.68 Å². The molecule has 96 valence electrons. The standard InChI is InChI=1S/C12H23N5/c1-3-7-16-12(9-14-15-16)17-10(2)5-4-6-11(17)8-13/h9-11H,3-8,13H2,1-2H3. The van der Waals surface area contributed by atoms with Gasteiger partial charge in [0, 0.05) is 25.2 Å². The van der Waals surface area contributed by atoms with Gasteiger partial charge in [0.05, 0.1) is 6.20 Å². The van der Waals surface area contributed by atoms with Crippen molar-refractivity contribution in [1.82, 2.24) is 15.0 Å². The molecule has 2 heterocycles. The second-order valence-corrected chi connectivity index (χ2v) is 4.89. The van der Waals surface area contributed by atoms with Crippen LogP contribution in [0, 0.1) is 0 Å². The molecule has 1 aromatic heterocycles. The van der Waals surface area contributed by atoms with Crippen LogP contribution in [0.3, 0.4) is 0 Å². The Balaban J connectivity index is 2.24. The maximum atomic E-state index is 5.89. The van der Waals surface area contributed by atoms with Crippen molar-refractivity contribution in [2.24, 2.45) is 5.73 Å². The molecule has 17 heavy (non-hydrogen) atoms. The molecule has 2 unspecified atom stereocenters. The van der Waals surface area contributed by atoms with E-state index in [1.165, 1.54) is 19.3 Å². The molecule has 5 nitrogen and oxygen atoms in total. The average molecular weight is 237 g/mol. The van der Waals surface area contributed by atoms with E-state index in [0.717, 1.165) is 18.8 Å². The Hall–Kier alpha value is -1.10. The predicted octanol–water partition coefficient (Wildman–Crippen LogP) is 1.39. The Morgan fingerprint density at radius 3 is 3.00 bits per heavy atom. The van der Waals surface area contributed by atoms with E-state index in [1.807, 2.05) is 10.9 Å². The van der Waals surface area contributed by atoms with E-state index in [-0.39, 0.29) is 0 Å². The Kier molecular flexibility index (Phi) is 3.99. The number of aryl methyl sites for hydroxylation is 1. The Morgan fingerprint density at radius 1 is 1.47 bits per heavy atom. The number of hydrogen-bond donors (Lipinski definition) is 1. The Bertz CT molecular complexity index is 348. The van der Waals surface area contributed by atoms with Crippen molar-refractivity contribution in [3.05, 3.63) is 6.20 Å². The summed E-state index contributed by atoms with van der Waals surface area (Å²) in [5.41, 5.74) is 5.89. The fourth-order valence-electron chi connectivity index (χ4n) is 2.75. The van der Waals surface area contributed by atoms with Gasteiger partial charge in [0.25, 0.3) is 0 Å². The second-order valence-electron chi connectivity index (χ2n) is 4.89. The molecular formula is C12H23N5. The first-order valence-electron chi connectivity index (χ1n) is 6.64. The quantitative estimate of drug-likeness (QED) is 0.859. The van der Waals surface area contributed by atoms with Crippen molar-refractivity contribution in [3.63, 3.8) is 0 Å². The van der Waals surface area contributed by atoms with Gasteiger partial charge in [-0.15, -0.1) is 5.10 Å². The smallest absolute Gasteiger partial charge is 0.147 e. The van der Waals surface area contributed by atoms with E-state index in [4.69, 9.17) is 5.73 Å². The van der Waals surface area contributed by atoms with Gasteiger partial charge in [-0.05, 0) is 32.6 Å². The lowest BCUT2D eigenvalue weighted by Gasteiger charge is -2.41. The first-order valence-corrected chi connectivity index (χ1v) is 6.64. The van der Waals surface area contributed by atoms with Crippen molar-refractivity contribution < 1.29 is 0 Å². The zero-order chi connectivity index (χ0) is 12.3. The number of nitrogens with two attached hydrogens (primary N) is 1. The summed E-state index contributed by atoms with van der Waals surface area (Å²) in [6, 6.07) is 0.972. The molecular weight excluding hydrogens is 214 g/mol. The number of piperidine rings is 1. The molecule has 1 saturated heterocycles. The van der Waals surface area contributed by atoms with E-state index in [2.05, 4.69) is 29.1 Å². The van der Waals surface area contributed by atoms with Crippen molar-refractivity contribution in [1.29, 1.82) is 0 Å². The minimum absolute atomic E-state index is 0.438. The SMILES string of the molecule is CCCn1nncc1N1C(C)CCCC1CN. The van der Waals surface area contributed by atoms with E-state index < -0.39 is 0 Å². The zero-order valence-electron chi connectivity index (χ0n) is 10.8. The average Bonchev–Trinajstić information content (AvgIpc) is 2.77. The van der Waals surface area contributed by atoms with Crippen LogP contribution in [0.1, 0.15) is 39.5 Å². The molecule has 1 aliphatic rings. The lowest BCUT2D eigenvalue weighted by atomic mass is 9.96. The molecule has 2 rings (SSSR count). The van der Waals surface area contributed by atoms with Crippen molar-refractivity contribution >= 4 is 5.82 Å². The van der Waals surface area contributed by atoms with Gasteiger partial charge in [-0.1, -0.05) is 12.1 Å². The normalized spacial score (nSPS) is 25.2. The Labute approximate surface area is 103 Å². The summed E-state index contributed by atoms with van der Waals surface area (Å²) in [5, 5.41) is 8.22. The fourth-order valence-corrected chi connectivity index (χ4v) is 2.75. The number of rotatable bonds is 4. The largest absolute Gasteiger partial charge is 0.349 e. The molecule has 0 amide bonds. The molecule has 0 saturated carbocycles. The third-order valence-electron chi connectivity index (χ3n) is 3.60. The summed E-state index contributed by atoms with van der Waals surface area (Å²) in [5.74, 6) is 1.13. The van der Waals surface area contributed by atoms with Crippen LogP contribution in [0.5, 0.6) is 0 Å². The van der Waals surface area contributed by atoms with Crippen LogP contribution in [0.25, 0.3) is 0 Å². The highest BCUT2D eigenvalue weighted by atomic mass is 15.5. The third kappa shape index (κ3) is 2.44. The van der Waals surface area contributed by atoms with Crippen LogP contribution in [0.4, 0.5) is 5.82 Å². The number of nitrogens with zero attached hydrogens (tertiary/aromatic N) is 4. The van der Waals surface area contributed by atoms with Crippen LogP contribution < -0.4 is 10.6 Å². The summed E-state index contributed by atoms with van der Waals surface area (Å²) in [6.45, 7) is 6.06. The van der Waals surface area contributed by atoms with Gasteiger partial charge in [0.1, 0.15) is 5.82 Å². The van der Waals surface area contributed by atoms with Gasteiger partial charge < -0.3 is 10.6 Å². The van der Waals surface area contributed by atoms with E-state index in [9.17, 15) is 0 Å². The van der Waals surface area contributed by atoms with Crippen LogP contribution in [0.15, 0.2) is 6.20 Å². The van der Waals surface area contributed by atoms with Crippen molar-refractivity contribution in [2.45, 2.75) is 58.2 Å². The molecule has 0 aromatic carbocycles. The van der Waals surface area contributed by atoms with E-state index in [1.54, 1.807) is 0 Å². The molecule has 5 heteroatoms. The summed E-state index contributed by atoms with van der Waals surface area (Å²) < 4.78 is 2.00. The van der Waals surface area contributed by atoms with Crippen molar-refractivity contribution in [3.8, 4) is 0 Å². The first kappa shape index (κ1) is 12.4. The van der Waals surface area contributed by atoms with E-state index in [0.29, 0.717) is 18.6 Å². The van der Waals surface area contributed by atoms with Crippen LogP contribution in [-0.4, -0.2) is 33.6 Å². The summed E-state index contributed by atoms with van der Waals surface area (Å²) >= 11 is 0. The molecule has 1 aliphatic heterocycles. The highest BCUT2D eigenvalue weighted by molar-refractivity contribution is 5.40. The maximum Gasteiger partial charge on any atom is 0.147 e. The summed E-state index contributed by atoms with van der Waals surface area (Å²) in [6.07, 6.45) is 6.63. The highest BCUT2D eigenvalue weighted by Crippen LogP contribution is 2.28. The molecule has 0 radical (unpaired) electrons. The number of anilines is 1. The molecule has 0 spiro atoms. The molecule has 0 bridgehead atoms. The molecule has 0 aliphatic carbocycles. The number of hydrogen-bond acceptors (Lipinski definition) is 4. The predicted molar refractivity (Wildman–Crippen MR) is 68.9 cm³/mol.